The molecule has 0 unspecified atom stereocenters. The molecular weight excluding hydrogens is 588 g/mol. The summed E-state index contributed by atoms with van der Waals surface area (Å²) in [5, 5.41) is 0. The number of esters is 3. The molecule has 6 heteroatoms. The summed E-state index contributed by atoms with van der Waals surface area (Å²) in [6, 6.07) is 48.5. The van der Waals surface area contributed by atoms with Crippen LogP contribution in [0.5, 0.6) is 17.2 Å². The molecule has 0 aromatic heterocycles. The average Bonchev–Trinajstić information content (AvgIpc) is 3.13. The van der Waals surface area contributed by atoms with Gasteiger partial charge in [0.1, 0.15) is 17.2 Å². The van der Waals surface area contributed by atoms with E-state index in [4.69, 9.17) is 14.2 Å². The second-order valence-electron chi connectivity index (χ2n) is 11.0. The molecule has 0 saturated heterocycles. The van der Waals surface area contributed by atoms with Gasteiger partial charge >= 0.3 is 17.9 Å². The molecule has 0 aliphatic heterocycles. The standard InChI is InChI=1S/C41H30O6/c1-41(32-17-23-35(24-18-32)45-38(42)29-11-5-2-6-12-29,33-19-25-36(26-20-33)46-39(43)30-13-7-3-8-14-30)34-21-27-37(28-22-34)47-40(44)31-15-9-4-10-16-31/h2-28H,1H3. The van der Waals surface area contributed by atoms with Crippen molar-refractivity contribution >= 4 is 17.9 Å². The summed E-state index contributed by atoms with van der Waals surface area (Å²) in [7, 11) is 0. The third kappa shape index (κ3) is 7.02. The molecule has 0 atom stereocenters. The molecule has 6 rings (SSSR count). The quantitative estimate of drug-likeness (QED) is 0.0916. The zero-order valence-corrected chi connectivity index (χ0v) is 25.5. The zero-order valence-electron chi connectivity index (χ0n) is 25.5. The molecule has 0 radical (unpaired) electrons. The van der Waals surface area contributed by atoms with E-state index in [0.29, 0.717) is 33.9 Å². The Morgan fingerprint density at radius 3 is 0.830 bits per heavy atom. The highest BCUT2D eigenvalue weighted by atomic mass is 16.5. The zero-order chi connectivity index (χ0) is 32.6. The van der Waals surface area contributed by atoms with Gasteiger partial charge in [-0.1, -0.05) is 91.0 Å². The number of ether oxygens (including phenoxy) is 3. The lowest BCUT2D eigenvalue weighted by atomic mass is 9.71. The van der Waals surface area contributed by atoms with E-state index >= 15 is 0 Å². The van der Waals surface area contributed by atoms with Crippen molar-refractivity contribution in [3.63, 3.8) is 0 Å². The molecule has 6 aromatic carbocycles. The van der Waals surface area contributed by atoms with E-state index in [0.717, 1.165) is 16.7 Å². The molecule has 0 N–H and O–H groups in total. The third-order valence-corrected chi connectivity index (χ3v) is 7.96. The number of hydrogen-bond acceptors (Lipinski definition) is 6. The van der Waals surface area contributed by atoms with Gasteiger partial charge in [-0.3, -0.25) is 0 Å². The van der Waals surface area contributed by atoms with Crippen molar-refractivity contribution in [2.24, 2.45) is 0 Å². The Kier molecular flexibility index (Phi) is 9.02. The molecule has 230 valence electrons. The minimum atomic E-state index is -0.702. The van der Waals surface area contributed by atoms with E-state index in [-0.39, 0.29) is 0 Å². The summed E-state index contributed by atoms with van der Waals surface area (Å²) in [6.07, 6.45) is 0. The molecule has 0 aliphatic rings. The highest BCUT2D eigenvalue weighted by molar-refractivity contribution is 5.92. The second kappa shape index (κ2) is 13.8. The van der Waals surface area contributed by atoms with Crippen LogP contribution in [-0.2, 0) is 5.41 Å². The van der Waals surface area contributed by atoms with Crippen LogP contribution in [0.15, 0.2) is 164 Å². The maximum atomic E-state index is 12.6. The van der Waals surface area contributed by atoms with Crippen LogP contribution in [0, 0.1) is 0 Å². The Hall–Kier alpha value is -6.27. The molecule has 0 saturated carbocycles. The largest absolute Gasteiger partial charge is 0.423 e. The lowest BCUT2D eigenvalue weighted by Gasteiger charge is -2.32. The summed E-state index contributed by atoms with van der Waals surface area (Å²) >= 11 is 0. The van der Waals surface area contributed by atoms with Crippen molar-refractivity contribution in [1.82, 2.24) is 0 Å². The first-order valence-corrected chi connectivity index (χ1v) is 15.0. The highest BCUT2D eigenvalue weighted by Gasteiger charge is 2.32. The highest BCUT2D eigenvalue weighted by Crippen LogP contribution is 2.40. The fraction of sp³-hybridized carbons (Fsp3) is 0.0488. The van der Waals surface area contributed by atoms with Crippen LogP contribution in [0.25, 0.3) is 0 Å². The third-order valence-electron chi connectivity index (χ3n) is 7.96. The molecule has 0 amide bonds. The SMILES string of the molecule is CC(c1ccc(OC(=O)c2ccccc2)cc1)(c1ccc(OC(=O)c2ccccc2)cc1)c1ccc(OC(=O)c2ccccc2)cc1. The predicted octanol–water partition coefficient (Wildman–Crippen LogP) is 8.70. The number of hydrogen-bond donors (Lipinski definition) is 0. The topological polar surface area (TPSA) is 78.9 Å². The molecule has 6 nitrogen and oxygen atoms in total. The van der Waals surface area contributed by atoms with Gasteiger partial charge in [0.25, 0.3) is 0 Å². The first kappa shape index (κ1) is 30.7. The van der Waals surface area contributed by atoms with Gasteiger partial charge in [0.05, 0.1) is 16.7 Å². The lowest BCUT2D eigenvalue weighted by molar-refractivity contribution is 0.0725. The van der Waals surface area contributed by atoms with E-state index in [1.807, 2.05) is 54.6 Å². The molecule has 0 heterocycles. The van der Waals surface area contributed by atoms with Crippen molar-refractivity contribution in [2.45, 2.75) is 12.3 Å². The van der Waals surface area contributed by atoms with Gasteiger partial charge in [0, 0.05) is 5.41 Å². The smallest absolute Gasteiger partial charge is 0.343 e. The number of rotatable bonds is 9. The summed E-state index contributed by atoms with van der Waals surface area (Å²) < 4.78 is 16.9. The van der Waals surface area contributed by atoms with Crippen LogP contribution in [0.2, 0.25) is 0 Å². The first-order valence-electron chi connectivity index (χ1n) is 15.0. The van der Waals surface area contributed by atoms with Crippen molar-refractivity contribution in [3.05, 3.63) is 197 Å². The van der Waals surface area contributed by atoms with Gasteiger partial charge in [-0.2, -0.15) is 0 Å². The van der Waals surface area contributed by atoms with E-state index < -0.39 is 23.3 Å². The van der Waals surface area contributed by atoms with Crippen LogP contribution in [-0.4, -0.2) is 17.9 Å². The van der Waals surface area contributed by atoms with Crippen LogP contribution >= 0.6 is 0 Å². The van der Waals surface area contributed by atoms with Crippen molar-refractivity contribution in [2.75, 3.05) is 0 Å². The molecule has 47 heavy (non-hydrogen) atoms. The Morgan fingerprint density at radius 1 is 0.362 bits per heavy atom. The fourth-order valence-corrected chi connectivity index (χ4v) is 5.29. The van der Waals surface area contributed by atoms with Crippen molar-refractivity contribution < 1.29 is 28.6 Å². The lowest BCUT2D eigenvalue weighted by Crippen LogP contribution is -2.25. The van der Waals surface area contributed by atoms with E-state index in [9.17, 15) is 14.4 Å². The number of benzene rings is 6. The van der Waals surface area contributed by atoms with Gasteiger partial charge in [-0.05, 0) is 96.4 Å². The van der Waals surface area contributed by atoms with Crippen LogP contribution < -0.4 is 14.2 Å². The van der Waals surface area contributed by atoms with Crippen LogP contribution in [0.3, 0.4) is 0 Å². The summed E-state index contributed by atoms with van der Waals surface area (Å²) in [6.45, 7) is 2.08. The first-order chi connectivity index (χ1) is 22.9. The molecular formula is C41H30O6. The van der Waals surface area contributed by atoms with Gasteiger partial charge in [0.2, 0.25) is 0 Å². The molecule has 0 bridgehead atoms. The fourth-order valence-electron chi connectivity index (χ4n) is 5.29. The molecule has 0 fully saturated rings. The Labute approximate surface area is 272 Å². The van der Waals surface area contributed by atoms with Crippen LogP contribution in [0.1, 0.15) is 54.7 Å². The summed E-state index contributed by atoms with van der Waals surface area (Å²) in [5.41, 5.74) is 3.43. The second-order valence-corrected chi connectivity index (χ2v) is 11.0. The number of carbonyl (C=O) groups excluding carboxylic acids is 3. The maximum Gasteiger partial charge on any atom is 0.343 e. The molecule has 0 aliphatic carbocycles. The van der Waals surface area contributed by atoms with Gasteiger partial charge in [-0.15, -0.1) is 0 Å². The number of carbonyl (C=O) groups is 3. The summed E-state index contributed by atoms with van der Waals surface area (Å²) in [5.74, 6) is -0.0870. The summed E-state index contributed by atoms with van der Waals surface area (Å²) in [4.78, 5) is 37.9. The van der Waals surface area contributed by atoms with Gasteiger partial charge < -0.3 is 14.2 Å². The Morgan fingerprint density at radius 2 is 0.596 bits per heavy atom. The van der Waals surface area contributed by atoms with E-state index in [2.05, 4.69) is 6.92 Å². The molecule has 6 aromatic rings. The van der Waals surface area contributed by atoms with Gasteiger partial charge in [-0.25, -0.2) is 14.4 Å². The average molecular weight is 619 g/mol. The monoisotopic (exact) mass is 618 g/mol. The molecule has 0 spiro atoms. The van der Waals surface area contributed by atoms with Crippen molar-refractivity contribution in [1.29, 1.82) is 0 Å². The van der Waals surface area contributed by atoms with E-state index in [1.165, 1.54) is 0 Å². The minimum Gasteiger partial charge on any atom is -0.423 e. The normalized spacial score (nSPS) is 10.9. The van der Waals surface area contributed by atoms with Crippen LogP contribution in [0.4, 0.5) is 0 Å². The van der Waals surface area contributed by atoms with Gasteiger partial charge in [0.15, 0.2) is 0 Å². The Bertz CT molecular complexity index is 1740. The predicted molar refractivity (Wildman–Crippen MR) is 179 cm³/mol. The van der Waals surface area contributed by atoms with E-state index in [1.54, 1.807) is 109 Å². The Balaban J connectivity index is 1.29. The minimum absolute atomic E-state index is 0.413. The van der Waals surface area contributed by atoms with Crippen molar-refractivity contribution in [3.8, 4) is 17.2 Å². The maximum absolute atomic E-state index is 12.6.